The minimum Gasteiger partial charge on any atom is -0.382 e. The second-order valence-electron chi connectivity index (χ2n) is 5.28. The molecule has 1 aliphatic heterocycles. The van der Waals surface area contributed by atoms with E-state index in [1.807, 2.05) is 13.8 Å². The molecule has 7 heteroatoms. The van der Waals surface area contributed by atoms with Crippen LogP contribution in [0.15, 0.2) is 4.52 Å². The van der Waals surface area contributed by atoms with Gasteiger partial charge in [-0.1, -0.05) is 5.16 Å². The summed E-state index contributed by atoms with van der Waals surface area (Å²) in [5.74, 6) is 0.227. The predicted octanol–water partition coefficient (Wildman–Crippen LogP) is 0.644. The first-order valence-electron chi connectivity index (χ1n) is 6.17. The van der Waals surface area contributed by atoms with Crippen LogP contribution in [0.3, 0.4) is 0 Å². The minimum absolute atomic E-state index is 0.0892. The van der Waals surface area contributed by atoms with E-state index in [2.05, 4.69) is 10.1 Å². The van der Waals surface area contributed by atoms with Crippen molar-refractivity contribution >= 4 is 5.91 Å². The molecule has 7 nitrogen and oxygen atoms in total. The van der Waals surface area contributed by atoms with Gasteiger partial charge in [-0.2, -0.15) is 4.98 Å². The highest BCUT2D eigenvalue weighted by atomic mass is 16.5. The number of carbonyl (C=O) groups excluding carboxylic acids is 1. The fourth-order valence-electron chi connectivity index (χ4n) is 2.25. The van der Waals surface area contributed by atoms with Crippen molar-refractivity contribution < 1.29 is 18.8 Å². The molecule has 1 atom stereocenters. The lowest BCUT2D eigenvalue weighted by molar-refractivity contribution is -0.143. The van der Waals surface area contributed by atoms with Crippen molar-refractivity contribution in [3.05, 3.63) is 11.7 Å². The standard InChI is InChI=1S/C12H19N3O4/c1-8-13-10(14-19-8)11(16)15-5-9(6-17-4)18-12(2,3)7-15/h9H,5-7H2,1-4H3. The maximum Gasteiger partial charge on any atom is 0.295 e. The summed E-state index contributed by atoms with van der Waals surface area (Å²) in [4.78, 5) is 17.9. The van der Waals surface area contributed by atoms with E-state index >= 15 is 0 Å². The fourth-order valence-corrected chi connectivity index (χ4v) is 2.25. The first kappa shape index (κ1) is 14.0. The van der Waals surface area contributed by atoms with Crippen molar-refractivity contribution in [3.8, 4) is 0 Å². The Morgan fingerprint density at radius 1 is 1.58 bits per heavy atom. The Morgan fingerprint density at radius 3 is 2.89 bits per heavy atom. The van der Waals surface area contributed by atoms with Gasteiger partial charge in [0.1, 0.15) is 0 Å². The molecule has 1 aromatic rings. The van der Waals surface area contributed by atoms with Gasteiger partial charge in [0.25, 0.3) is 11.7 Å². The van der Waals surface area contributed by atoms with Gasteiger partial charge in [0.05, 0.1) is 18.3 Å². The average molecular weight is 269 g/mol. The first-order chi connectivity index (χ1) is 8.91. The second kappa shape index (κ2) is 5.26. The molecular weight excluding hydrogens is 250 g/mol. The number of hydrogen-bond acceptors (Lipinski definition) is 6. The molecule has 19 heavy (non-hydrogen) atoms. The Balaban J connectivity index is 2.12. The highest BCUT2D eigenvalue weighted by Gasteiger charge is 2.37. The molecule has 2 rings (SSSR count). The predicted molar refractivity (Wildman–Crippen MR) is 65.8 cm³/mol. The minimum atomic E-state index is -0.421. The third kappa shape index (κ3) is 3.30. The highest BCUT2D eigenvalue weighted by Crippen LogP contribution is 2.22. The van der Waals surface area contributed by atoms with E-state index in [1.54, 1.807) is 18.9 Å². The maximum atomic E-state index is 12.3. The number of aromatic nitrogens is 2. The largest absolute Gasteiger partial charge is 0.382 e. The molecule has 0 saturated carbocycles. The smallest absolute Gasteiger partial charge is 0.295 e. The molecule has 0 N–H and O–H groups in total. The monoisotopic (exact) mass is 269 g/mol. The molecule has 1 unspecified atom stereocenters. The summed E-state index contributed by atoms with van der Waals surface area (Å²) >= 11 is 0. The lowest BCUT2D eigenvalue weighted by Crippen LogP contribution is -2.55. The van der Waals surface area contributed by atoms with E-state index in [0.29, 0.717) is 25.6 Å². The van der Waals surface area contributed by atoms with Crippen LogP contribution in [0, 0.1) is 6.92 Å². The Hall–Kier alpha value is -1.47. The van der Waals surface area contributed by atoms with Crippen LogP contribution in [-0.2, 0) is 9.47 Å². The topological polar surface area (TPSA) is 77.7 Å². The van der Waals surface area contributed by atoms with Crippen molar-refractivity contribution in [1.29, 1.82) is 0 Å². The lowest BCUT2D eigenvalue weighted by atomic mass is 10.1. The summed E-state index contributed by atoms with van der Waals surface area (Å²) in [7, 11) is 1.61. The quantitative estimate of drug-likeness (QED) is 0.801. The van der Waals surface area contributed by atoms with Crippen LogP contribution in [0.25, 0.3) is 0 Å². The molecule has 0 radical (unpaired) electrons. The number of rotatable bonds is 3. The van der Waals surface area contributed by atoms with E-state index in [4.69, 9.17) is 14.0 Å². The molecule has 0 aliphatic carbocycles. The number of ether oxygens (including phenoxy) is 2. The summed E-state index contributed by atoms with van der Waals surface area (Å²) in [5, 5.41) is 3.66. The number of amides is 1. The third-order valence-electron chi connectivity index (χ3n) is 2.84. The second-order valence-corrected chi connectivity index (χ2v) is 5.28. The van der Waals surface area contributed by atoms with Crippen LogP contribution in [0.4, 0.5) is 0 Å². The zero-order valence-corrected chi connectivity index (χ0v) is 11.7. The highest BCUT2D eigenvalue weighted by molar-refractivity contribution is 5.90. The Labute approximate surface area is 111 Å². The van der Waals surface area contributed by atoms with E-state index in [9.17, 15) is 4.79 Å². The van der Waals surface area contributed by atoms with Gasteiger partial charge in [0.2, 0.25) is 5.89 Å². The Bertz CT molecular complexity index is 458. The third-order valence-corrected chi connectivity index (χ3v) is 2.84. The zero-order valence-electron chi connectivity index (χ0n) is 11.7. The van der Waals surface area contributed by atoms with Gasteiger partial charge < -0.3 is 18.9 Å². The van der Waals surface area contributed by atoms with Crippen molar-refractivity contribution in [2.75, 3.05) is 26.8 Å². The summed E-state index contributed by atoms with van der Waals surface area (Å²) in [6.07, 6.45) is -0.148. The summed E-state index contributed by atoms with van der Waals surface area (Å²) in [5.41, 5.74) is -0.421. The molecule has 0 spiro atoms. The molecule has 1 amide bonds. The molecule has 0 bridgehead atoms. The molecule has 1 aromatic heterocycles. The number of aryl methyl sites for hydroxylation is 1. The van der Waals surface area contributed by atoms with E-state index < -0.39 is 5.60 Å². The molecule has 0 aromatic carbocycles. The normalized spacial score (nSPS) is 22.5. The molecule has 1 saturated heterocycles. The number of morpholine rings is 1. The first-order valence-corrected chi connectivity index (χ1v) is 6.17. The summed E-state index contributed by atoms with van der Waals surface area (Å²) in [6, 6.07) is 0. The van der Waals surface area contributed by atoms with E-state index in [1.165, 1.54) is 0 Å². The van der Waals surface area contributed by atoms with Gasteiger partial charge >= 0.3 is 0 Å². The van der Waals surface area contributed by atoms with Gasteiger partial charge in [0, 0.05) is 27.1 Å². The molecular formula is C12H19N3O4. The van der Waals surface area contributed by atoms with Crippen LogP contribution in [0.1, 0.15) is 30.4 Å². The zero-order chi connectivity index (χ0) is 14.0. The van der Waals surface area contributed by atoms with Crippen LogP contribution in [0.2, 0.25) is 0 Å². The number of hydrogen-bond donors (Lipinski definition) is 0. The molecule has 1 fully saturated rings. The molecule has 106 valence electrons. The van der Waals surface area contributed by atoms with E-state index in [-0.39, 0.29) is 17.8 Å². The van der Waals surface area contributed by atoms with Crippen molar-refractivity contribution in [2.24, 2.45) is 0 Å². The van der Waals surface area contributed by atoms with Crippen LogP contribution >= 0.6 is 0 Å². The average Bonchev–Trinajstić information content (AvgIpc) is 2.73. The Kier molecular flexibility index (Phi) is 3.86. The van der Waals surface area contributed by atoms with Crippen molar-refractivity contribution in [2.45, 2.75) is 32.5 Å². The lowest BCUT2D eigenvalue weighted by Gasteiger charge is -2.42. The summed E-state index contributed by atoms with van der Waals surface area (Å²) in [6.45, 7) is 6.93. The van der Waals surface area contributed by atoms with E-state index in [0.717, 1.165) is 0 Å². The number of nitrogens with zero attached hydrogens (tertiary/aromatic N) is 3. The SMILES string of the molecule is COCC1CN(C(=O)c2noc(C)n2)CC(C)(C)O1. The van der Waals surface area contributed by atoms with Gasteiger partial charge in [-0.05, 0) is 13.8 Å². The van der Waals surface area contributed by atoms with Crippen molar-refractivity contribution in [3.63, 3.8) is 0 Å². The van der Waals surface area contributed by atoms with Crippen LogP contribution < -0.4 is 0 Å². The Morgan fingerprint density at radius 2 is 2.32 bits per heavy atom. The summed E-state index contributed by atoms with van der Waals surface area (Å²) < 4.78 is 15.8. The van der Waals surface area contributed by atoms with Gasteiger partial charge in [0.15, 0.2) is 0 Å². The van der Waals surface area contributed by atoms with Gasteiger partial charge in [-0.25, -0.2) is 0 Å². The molecule has 2 heterocycles. The number of methoxy groups -OCH3 is 1. The molecule has 1 aliphatic rings. The maximum absolute atomic E-state index is 12.3. The van der Waals surface area contributed by atoms with Crippen LogP contribution in [0.5, 0.6) is 0 Å². The van der Waals surface area contributed by atoms with Gasteiger partial charge in [-0.15, -0.1) is 0 Å². The number of carbonyl (C=O) groups is 1. The van der Waals surface area contributed by atoms with Crippen LogP contribution in [-0.4, -0.2) is 59.5 Å². The van der Waals surface area contributed by atoms with Crippen molar-refractivity contribution in [1.82, 2.24) is 15.0 Å². The fraction of sp³-hybridized carbons (Fsp3) is 0.750. The van der Waals surface area contributed by atoms with Gasteiger partial charge in [-0.3, -0.25) is 4.79 Å².